The molecular formula is C22H23BrN2O6. The standard InChI is InChI=1S/C22H23BrN2O6/c1-13-17(21(26)31-12-11-30-14-7-5-4-6-8-14)20(25-22(27)24-13)18-15(28-2)9-10-16(29-3)19(18)23/h4-10,20H,11-12H2,1-3H3,(H2,24,25,27). The van der Waals surface area contributed by atoms with Crippen LogP contribution in [0.2, 0.25) is 0 Å². The first-order valence-corrected chi connectivity index (χ1v) is 10.3. The van der Waals surface area contributed by atoms with Gasteiger partial charge in [0.05, 0.1) is 30.3 Å². The van der Waals surface area contributed by atoms with Crippen LogP contribution in [0.1, 0.15) is 18.5 Å². The van der Waals surface area contributed by atoms with Gasteiger partial charge >= 0.3 is 12.0 Å². The van der Waals surface area contributed by atoms with Crippen molar-refractivity contribution in [1.29, 1.82) is 0 Å². The van der Waals surface area contributed by atoms with E-state index in [9.17, 15) is 9.59 Å². The molecule has 164 valence electrons. The van der Waals surface area contributed by atoms with Gasteiger partial charge < -0.3 is 29.6 Å². The third kappa shape index (κ3) is 5.11. The van der Waals surface area contributed by atoms with Crippen molar-refractivity contribution in [3.8, 4) is 17.2 Å². The van der Waals surface area contributed by atoms with E-state index in [1.165, 1.54) is 14.2 Å². The Balaban J connectivity index is 1.83. The average molecular weight is 491 g/mol. The summed E-state index contributed by atoms with van der Waals surface area (Å²) in [5, 5.41) is 5.39. The molecule has 3 rings (SSSR count). The number of allylic oxidation sites excluding steroid dienone is 1. The quantitative estimate of drug-likeness (QED) is 0.432. The number of methoxy groups -OCH3 is 2. The van der Waals surface area contributed by atoms with Gasteiger partial charge in [-0.1, -0.05) is 18.2 Å². The first kappa shape index (κ1) is 22.5. The van der Waals surface area contributed by atoms with E-state index in [4.69, 9.17) is 18.9 Å². The molecule has 2 amide bonds. The van der Waals surface area contributed by atoms with Gasteiger partial charge in [0, 0.05) is 11.3 Å². The molecule has 1 atom stereocenters. The number of carbonyl (C=O) groups is 2. The molecule has 1 aliphatic heterocycles. The minimum Gasteiger partial charge on any atom is -0.496 e. The van der Waals surface area contributed by atoms with E-state index in [2.05, 4.69) is 26.6 Å². The van der Waals surface area contributed by atoms with Gasteiger partial charge in [-0.15, -0.1) is 0 Å². The summed E-state index contributed by atoms with van der Waals surface area (Å²) in [6.07, 6.45) is 0. The molecule has 0 fully saturated rings. The van der Waals surface area contributed by atoms with Crippen molar-refractivity contribution in [2.75, 3.05) is 27.4 Å². The number of ether oxygens (including phenoxy) is 4. The maximum atomic E-state index is 13.0. The lowest BCUT2D eigenvalue weighted by molar-refractivity contribution is -0.140. The van der Waals surface area contributed by atoms with Crippen LogP contribution in [0.15, 0.2) is 58.2 Å². The third-order valence-electron chi connectivity index (χ3n) is 4.65. The van der Waals surface area contributed by atoms with Crippen LogP contribution < -0.4 is 24.8 Å². The normalized spacial score (nSPS) is 15.6. The van der Waals surface area contributed by atoms with Crippen molar-refractivity contribution >= 4 is 27.9 Å². The first-order chi connectivity index (χ1) is 15.0. The molecule has 1 heterocycles. The summed E-state index contributed by atoms with van der Waals surface area (Å²) in [6.45, 7) is 1.88. The molecule has 0 saturated carbocycles. The molecule has 0 saturated heterocycles. The number of nitrogens with one attached hydrogen (secondary N) is 2. The number of esters is 1. The van der Waals surface area contributed by atoms with Crippen molar-refractivity contribution in [2.45, 2.75) is 13.0 Å². The molecule has 0 aliphatic carbocycles. The number of para-hydroxylation sites is 1. The van der Waals surface area contributed by atoms with Gasteiger partial charge in [0.2, 0.25) is 0 Å². The molecule has 1 aliphatic rings. The van der Waals surface area contributed by atoms with E-state index < -0.39 is 18.0 Å². The van der Waals surface area contributed by atoms with Gasteiger partial charge in [0.1, 0.15) is 30.5 Å². The molecule has 0 bridgehead atoms. The molecule has 1 unspecified atom stereocenters. The molecule has 0 spiro atoms. The smallest absolute Gasteiger partial charge is 0.338 e. The van der Waals surface area contributed by atoms with Crippen LogP contribution >= 0.6 is 15.9 Å². The number of amides is 2. The fourth-order valence-electron chi connectivity index (χ4n) is 3.23. The second kappa shape index (κ2) is 10.2. The lowest BCUT2D eigenvalue weighted by Gasteiger charge is -2.30. The summed E-state index contributed by atoms with van der Waals surface area (Å²) < 4.78 is 22.4. The molecule has 0 aromatic heterocycles. The van der Waals surface area contributed by atoms with Crippen molar-refractivity contribution < 1.29 is 28.5 Å². The fourth-order valence-corrected chi connectivity index (χ4v) is 3.95. The summed E-state index contributed by atoms with van der Waals surface area (Å²) in [7, 11) is 3.04. The summed E-state index contributed by atoms with van der Waals surface area (Å²) in [6, 6.07) is 11.4. The zero-order valence-electron chi connectivity index (χ0n) is 17.4. The lowest BCUT2D eigenvalue weighted by Crippen LogP contribution is -2.45. The van der Waals surface area contributed by atoms with Crippen LogP contribution in [-0.2, 0) is 9.53 Å². The summed E-state index contributed by atoms with van der Waals surface area (Å²) in [5.41, 5.74) is 1.19. The molecular weight excluding hydrogens is 468 g/mol. The number of rotatable bonds is 8. The van der Waals surface area contributed by atoms with Gasteiger partial charge in [-0.05, 0) is 47.1 Å². The Morgan fingerprint density at radius 2 is 1.71 bits per heavy atom. The Morgan fingerprint density at radius 3 is 2.39 bits per heavy atom. The highest BCUT2D eigenvalue weighted by Crippen LogP contribution is 2.42. The number of halogens is 1. The van der Waals surface area contributed by atoms with Crippen molar-refractivity contribution in [3.63, 3.8) is 0 Å². The van der Waals surface area contributed by atoms with Crippen molar-refractivity contribution in [2.24, 2.45) is 0 Å². The lowest BCUT2D eigenvalue weighted by atomic mass is 9.94. The Hall–Kier alpha value is -3.20. The zero-order chi connectivity index (χ0) is 22.4. The SMILES string of the molecule is COc1ccc(OC)c(C2NC(=O)NC(C)=C2C(=O)OCCOc2ccccc2)c1Br. The summed E-state index contributed by atoms with van der Waals surface area (Å²) in [4.78, 5) is 25.2. The topological polar surface area (TPSA) is 95.1 Å². The van der Waals surface area contributed by atoms with E-state index in [0.29, 0.717) is 33.0 Å². The van der Waals surface area contributed by atoms with E-state index >= 15 is 0 Å². The van der Waals surface area contributed by atoms with Gasteiger partial charge in [0.15, 0.2) is 0 Å². The van der Waals surface area contributed by atoms with Crippen LogP contribution in [0.3, 0.4) is 0 Å². The largest absolute Gasteiger partial charge is 0.496 e. The Morgan fingerprint density at radius 1 is 1.03 bits per heavy atom. The monoisotopic (exact) mass is 490 g/mol. The van der Waals surface area contributed by atoms with Gasteiger partial charge in [-0.3, -0.25) is 0 Å². The summed E-state index contributed by atoms with van der Waals surface area (Å²) in [5.74, 6) is 1.11. The molecule has 8 nitrogen and oxygen atoms in total. The average Bonchev–Trinajstić information content (AvgIpc) is 2.76. The molecule has 2 aromatic carbocycles. The minimum atomic E-state index is -0.810. The first-order valence-electron chi connectivity index (χ1n) is 9.49. The Kier molecular flexibility index (Phi) is 7.41. The van der Waals surface area contributed by atoms with E-state index in [1.807, 2.05) is 30.3 Å². The molecule has 2 N–H and O–H groups in total. The van der Waals surface area contributed by atoms with E-state index in [1.54, 1.807) is 19.1 Å². The van der Waals surface area contributed by atoms with Gasteiger partial charge in [-0.2, -0.15) is 0 Å². The Labute approximate surface area is 188 Å². The van der Waals surface area contributed by atoms with Crippen molar-refractivity contribution in [1.82, 2.24) is 10.6 Å². The maximum absolute atomic E-state index is 13.0. The fraction of sp³-hybridized carbons (Fsp3) is 0.273. The van der Waals surface area contributed by atoms with Crippen LogP contribution in [0, 0.1) is 0 Å². The molecule has 2 aromatic rings. The van der Waals surface area contributed by atoms with Gasteiger partial charge in [-0.25, -0.2) is 9.59 Å². The predicted octanol–water partition coefficient (Wildman–Crippen LogP) is 3.72. The van der Waals surface area contributed by atoms with E-state index in [-0.39, 0.29) is 18.8 Å². The molecule has 31 heavy (non-hydrogen) atoms. The van der Waals surface area contributed by atoms with E-state index in [0.717, 1.165) is 0 Å². The molecule has 0 radical (unpaired) electrons. The zero-order valence-corrected chi connectivity index (χ0v) is 18.9. The number of hydrogen-bond acceptors (Lipinski definition) is 6. The van der Waals surface area contributed by atoms with Crippen LogP contribution in [0.25, 0.3) is 0 Å². The maximum Gasteiger partial charge on any atom is 0.338 e. The molecule has 9 heteroatoms. The number of hydrogen-bond donors (Lipinski definition) is 2. The van der Waals surface area contributed by atoms with Crippen LogP contribution in [0.4, 0.5) is 4.79 Å². The summed E-state index contributed by atoms with van der Waals surface area (Å²) >= 11 is 3.50. The minimum absolute atomic E-state index is 0.0432. The van der Waals surface area contributed by atoms with Crippen molar-refractivity contribution in [3.05, 3.63) is 63.8 Å². The van der Waals surface area contributed by atoms with Crippen LogP contribution in [0.5, 0.6) is 17.2 Å². The Bertz CT molecular complexity index is 993. The third-order valence-corrected chi connectivity index (χ3v) is 5.47. The van der Waals surface area contributed by atoms with Gasteiger partial charge in [0.25, 0.3) is 0 Å². The second-order valence-corrected chi connectivity index (χ2v) is 7.36. The highest BCUT2D eigenvalue weighted by atomic mass is 79.9. The van der Waals surface area contributed by atoms with Crippen LogP contribution in [-0.4, -0.2) is 39.4 Å². The number of benzene rings is 2. The predicted molar refractivity (Wildman–Crippen MR) is 117 cm³/mol. The highest BCUT2D eigenvalue weighted by molar-refractivity contribution is 9.10. The highest BCUT2D eigenvalue weighted by Gasteiger charge is 2.36. The number of urea groups is 1. The second-order valence-electron chi connectivity index (χ2n) is 6.57. The number of carbonyl (C=O) groups excluding carboxylic acids is 2.